The standard InChI is InChI=1S/C9H20O2/c1-5-6-9(3,4)11-7-8(2)10/h8,10H,5-7H2,1-4H3. The summed E-state index contributed by atoms with van der Waals surface area (Å²) < 4.78 is 5.48. The molecule has 1 N–H and O–H groups in total. The SMILES string of the molecule is CCCC(C)(C)OCC(C)O. The molecule has 0 amide bonds. The van der Waals surface area contributed by atoms with Crippen LogP contribution in [0.5, 0.6) is 0 Å². The van der Waals surface area contributed by atoms with E-state index in [2.05, 4.69) is 20.8 Å². The first kappa shape index (κ1) is 10.9. The number of hydrogen-bond donors (Lipinski definition) is 1. The van der Waals surface area contributed by atoms with Gasteiger partial charge in [0.25, 0.3) is 0 Å². The Kier molecular flexibility index (Phi) is 4.69. The summed E-state index contributed by atoms with van der Waals surface area (Å²) in [6, 6.07) is 0. The van der Waals surface area contributed by atoms with Crippen LogP contribution in [0.25, 0.3) is 0 Å². The van der Waals surface area contributed by atoms with Crippen molar-refractivity contribution in [2.75, 3.05) is 6.61 Å². The minimum Gasteiger partial charge on any atom is -0.391 e. The van der Waals surface area contributed by atoms with Gasteiger partial charge in [0.2, 0.25) is 0 Å². The van der Waals surface area contributed by atoms with E-state index in [-0.39, 0.29) is 11.7 Å². The lowest BCUT2D eigenvalue weighted by Crippen LogP contribution is -2.28. The summed E-state index contributed by atoms with van der Waals surface area (Å²) in [5.41, 5.74) is -0.0776. The molecule has 68 valence electrons. The number of hydrogen-bond acceptors (Lipinski definition) is 2. The number of ether oxygens (including phenoxy) is 1. The van der Waals surface area contributed by atoms with Crippen molar-refractivity contribution in [1.29, 1.82) is 0 Å². The quantitative estimate of drug-likeness (QED) is 0.666. The van der Waals surface area contributed by atoms with Crippen LogP contribution in [-0.4, -0.2) is 23.4 Å². The summed E-state index contributed by atoms with van der Waals surface area (Å²) in [6.45, 7) is 8.42. The molecule has 0 heterocycles. The topological polar surface area (TPSA) is 29.5 Å². The molecule has 1 unspecified atom stereocenters. The fourth-order valence-corrected chi connectivity index (χ4v) is 1.02. The zero-order valence-corrected chi connectivity index (χ0v) is 8.05. The lowest BCUT2D eigenvalue weighted by Gasteiger charge is -2.25. The van der Waals surface area contributed by atoms with Gasteiger partial charge in [-0.3, -0.25) is 0 Å². The molecule has 2 nitrogen and oxygen atoms in total. The summed E-state index contributed by atoms with van der Waals surface area (Å²) in [7, 11) is 0. The van der Waals surface area contributed by atoms with Gasteiger partial charge in [0.05, 0.1) is 18.3 Å². The van der Waals surface area contributed by atoms with Crippen molar-refractivity contribution in [2.45, 2.75) is 52.2 Å². The normalized spacial score (nSPS) is 15.0. The van der Waals surface area contributed by atoms with Crippen LogP contribution in [0.4, 0.5) is 0 Å². The van der Waals surface area contributed by atoms with E-state index in [1.165, 1.54) is 0 Å². The molecule has 0 fully saturated rings. The van der Waals surface area contributed by atoms with Crippen molar-refractivity contribution < 1.29 is 9.84 Å². The van der Waals surface area contributed by atoms with Crippen LogP contribution >= 0.6 is 0 Å². The molecule has 0 aliphatic rings. The van der Waals surface area contributed by atoms with E-state index < -0.39 is 0 Å². The second kappa shape index (κ2) is 4.73. The van der Waals surface area contributed by atoms with E-state index in [1.807, 2.05) is 0 Å². The fourth-order valence-electron chi connectivity index (χ4n) is 1.02. The molecule has 0 aromatic rings. The lowest BCUT2D eigenvalue weighted by atomic mass is 10.0. The Bertz CT molecular complexity index is 97.7. The molecule has 0 spiro atoms. The van der Waals surface area contributed by atoms with Crippen molar-refractivity contribution in [3.63, 3.8) is 0 Å². The van der Waals surface area contributed by atoms with Crippen molar-refractivity contribution in [3.8, 4) is 0 Å². The third-order valence-electron chi connectivity index (χ3n) is 1.57. The van der Waals surface area contributed by atoms with Crippen molar-refractivity contribution in [3.05, 3.63) is 0 Å². The van der Waals surface area contributed by atoms with Gasteiger partial charge in [0.15, 0.2) is 0 Å². The third kappa shape index (κ3) is 6.32. The molecule has 2 heteroatoms. The Labute approximate surface area is 69.6 Å². The number of aliphatic hydroxyl groups excluding tert-OH is 1. The van der Waals surface area contributed by atoms with E-state index in [9.17, 15) is 0 Å². The average Bonchev–Trinajstić information content (AvgIpc) is 1.84. The highest BCUT2D eigenvalue weighted by atomic mass is 16.5. The van der Waals surface area contributed by atoms with Crippen LogP contribution in [0.15, 0.2) is 0 Å². The van der Waals surface area contributed by atoms with Crippen molar-refractivity contribution in [1.82, 2.24) is 0 Å². The second-order valence-electron chi connectivity index (χ2n) is 3.67. The predicted octanol–water partition coefficient (Wildman–Crippen LogP) is 1.96. The summed E-state index contributed by atoms with van der Waals surface area (Å²) in [4.78, 5) is 0. The maximum atomic E-state index is 8.96. The third-order valence-corrected chi connectivity index (χ3v) is 1.57. The second-order valence-corrected chi connectivity index (χ2v) is 3.67. The first-order chi connectivity index (χ1) is 4.98. The lowest BCUT2D eigenvalue weighted by molar-refractivity contribution is -0.0591. The first-order valence-electron chi connectivity index (χ1n) is 4.30. The highest BCUT2D eigenvalue weighted by molar-refractivity contribution is 4.67. The van der Waals surface area contributed by atoms with E-state index >= 15 is 0 Å². The molecule has 11 heavy (non-hydrogen) atoms. The Morgan fingerprint density at radius 2 is 2.00 bits per heavy atom. The Morgan fingerprint density at radius 3 is 2.36 bits per heavy atom. The summed E-state index contributed by atoms with van der Waals surface area (Å²) >= 11 is 0. The Morgan fingerprint density at radius 1 is 1.45 bits per heavy atom. The monoisotopic (exact) mass is 160 g/mol. The van der Waals surface area contributed by atoms with Gasteiger partial charge >= 0.3 is 0 Å². The average molecular weight is 160 g/mol. The minimum absolute atomic E-state index is 0.0776. The van der Waals surface area contributed by atoms with Gasteiger partial charge in [-0.25, -0.2) is 0 Å². The largest absolute Gasteiger partial charge is 0.391 e. The molecule has 0 saturated heterocycles. The van der Waals surface area contributed by atoms with Gasteiger partial charge in [0.1, 0.15) is 0 Å². The maximum Gasteiger partial charge on any atom is 0.0745 e. The van der Waals surface area contributed by atoms with E-state index in [1.54, 1.807) is 6.92 Å². The highest BCUT2D eigenvalue weighted by Crippen LogP contribution is 2.16. The van der Waals surface area contributed by atoms with Gasteiger partial charge in [-0.1, -0.05) is 13.3 Å². The summed E-state index contributed by atoms with van der Waals surface area (Å²) in [6.07, 6.45) is 1.80. The smallest absolute Gasteiger partial charge is 0.0745 e. The molecule has 1 atom stereocenters. The van der Waals surface area contributed by atoms with Crippen LogP contribution < -0.4 is 0 Å². The van der Waals surface area contributed by atoms with E-state index in [0.29, 0.717) is 6.61 Å². The molecule has 0 aromatic heterocycles. The zero-order valence-electron chi connectivity index (χ0n) is 8.05. The van der Waals surface area contributed by atoms with Gasteiger partial charge in [0, 0.05) is 0 Å². The molecule has 0 bridgehead atoms. The molecule has 0 rings (SSSR count). The Hall–Kier alpha value is -0.0800. The Balaban J connectivity index is 3.54. The molecule has 0 radical (unpaired) electrons. The maximum absolute atomic E-state index is 8.96. The van der Waals surface area contributed by atoms with Gasteiger partial charge in [-0.15, -0.1) is 0 Å². The number of aliphatic hydroxyl groups is 1. The first-order valence-corrected chi connectivity index (χ1v) is 4.30. The fraction of sp³-hybridized carbons (Fsp3) is 1.00. The summed E-state index contributed by atoms with van der Waals surface area (Å²) in [5.74, 6) is 0. The summed E-state index contributed by atoms with van der Waals surface area (Å²) in [5, 5.41) is 8.96. The van der Waals surface area contributed by atoms with Crippen LogP contribution in [0.3, 0.4) is 0 Å². The van der Waals surface area contributed by atoms with Gasteiger partial charge < -0.3 is 9.84 Å². The van der Waals surface area contributed by atoms with E-state index in [4.69, 9.17) is 9.84 Å². The van der Waals surface area contributed by atoms with Crippen molar-refractivity contribution >= 4 is 0 Å². The minimum atomic E-state index is -0.355. The molecule has 0 aromatic carbocycles. The predicted molar refractivity (Wildman–Crippen MR) is 46.6 cm³/mol. The van der Waals surface area contributed by atoms with Gasteiger partial charge in [-0.2, -0.15) is 0 Å². The molecule has 0 saturated carbocycles. The highest BCUT2D eigenvalue weighted by Gasteiger charge is 2.17. The number of rotatable bonds is 5. The van der Waals surface area contributed by atoms with Crippen LogP contribution in [0.2, 0.25) is 0 Å². The molecular formula is C9H20O2. The van der Waals surface area contributed by atoms with E-state index in [0.717, 1.165) is 12.8 Å². The van der Waals surface area contributed by atoms with Crippen LogP contribution in [0.1, 0.15) is 40.5 Å². The molecule has 0 aliphatic carbocycles. The molecule has 0 aliphatic heterocycles. The zero-order chi connectivity index (χ0) is 8.91. The van der Waals surface area contributed by atoms with Crippen LogP contribution in [0, 0.1) is 0 Å². The van der Waals surface area contributed by atoms with Gasteiger partial charge in [-0.05, 0) is 27.2 Å². The van der Waals surface area contributed by atoms with Crippen molar-refractivity contribution in [2.24, 2.45) is 0 Å². The molecular weight excluding hydrogens is 140 g/mol. The van der Waals surface area contributed by atoms with Crippen LogP contribution in [-0.2, 0) is 4.74 Å².